The molecule has 1 aromatic heterocycles. The van der Waals surface area contributed by atoms with Crippen LogP contribution >= 0.6 is 0 Å². The first-order valence-electron chi connectivity index (χ1n) is 7.48. The van der Waals surface area contributed by atoms with E-state index in [2.05, 4.69) is 55.4 Å². The molecule has 1 N–H and O–H groups in total. The Bertz CT molecular complexity index is 583. The first kappa shape index (κ1) is 15.7. The number of rotatable bonds is 7. The van der Waals surface area contributed by atoms with Crippen LogP contribution in [0.15, 0.2) is 30.3 Å². The molecule has 0 atom stereocenters. The molecule has 0 amide bonds. The molecule has 2 aromatic rings. The second-order valence-electron chi connectivity index (χ2n) is 5.53. The monoisotopic (exact) mass is 287 g/mol. The number of pyridine rings is 1. The normalized spacial score (nSPS) is 11.3. The summed E-state index contributed by atoms with van der Waals surface area (Å²) in [6.07, 6.45) is 0.266. The number of hydrogen-bond donors (Lipinski definition) is 1. The number of benzene rings is 1. The number of hydrogen-bond acceptors (Lipinski definition) is 4. The lowest BCUT2D eigenvalue weighted by Crippen LogP contribution is -2.25. The van der Waals surface area contributed by atoms with Crippen molar-refractivity contribution in [3.05, 3.63) is 35.9 Å². The molecular weight excluding hydrogens is 262 g/mol. The molecule has 0 bridgehead atoms. The number of ether oxygens (including phenoxy) is 1. The van der Waals surface area contributed by atoms with Crippen molar-refractivity contribution >= 4 is 16.7 Å². The van der Waals surface area contributed by atoms with E-state index in [1.54, 1.807) is 0 Å². The quantitative estimate of drug-likeness (QED) is 0.849. The topological polar surface area (TPSA) is 37.4 Å². The molecule has 1 aromatic carbocycles. The van der Waals surface area contributed by atoms with Crippen molar-refractivity contribution in [3.8, 4) is 0 Å². The maximum Gasteiger partial charge on any atom is 0.129 e. The van der Waals surface area contributed by atoms with Gasteiger partial charge >= 0.3 is 0 Å². The molecule has 0 aliphatic rings. The highest BCUT2D eigenvalue weighted by Crippen LogP contribution is 2.22. The summed E-state index contributed by atoms with van der Waals surface area (Å²) in [6, 6.07) is 10.4. The van der Waals surface area contributed by atoms with Crippen molar-refractivity contribution < 1.29 is 4.74 Å². The number of aromatic nitrogens is 1. The number of para-hydroxylation sites is 1. The zero-order valence-corrected chi connectivity index (χ0v) is 13.4. The molecule has 0 radical (unpaired) electrons. The maximum atomic E-state index is 5.62. The van der Waals surface area contributed by atoms with Crippen LogP contribution in [0.5, 0.6) is 0 Å². The van der Waals surface area contributed by atoms with Crippen LogP contribution in [0.1, 0.15) is 19.4 Å². The van der Waals surface area contributed by atoms with E-state index in [9.17, 15) is 0 Å². The van der Waals surface area contributed by atoms with Crippen LogP contribution in [0.3, 0.4) is 0 Å². The van der Waals surface area contributed by atoms with E-state index in [0.717, 1.165) is 24.4 Å². The van der Waals surface area contributed by atoms with Gasteiger partial charge in [0.2, 0.25) is 0 Å². The molecule has 0 fully saturated rings. The van der Waals surface area contributed by atoms with E-state index >= 15 is 0 Å². The van der Waals surface area contributed by atoms with E-state index in [1.165, 1.54) is 10.9 Å². The van der Waals surface area contributed by atoms with Gasteiger partial charge in [-0.1, -0.05) is 18.2 Å². The van der Waals surface area contributed by atoms with Crippen molar-refractivity contribution in [1.82, 2.24) is 10.3 Å². The van der Waals surface area contributed by atoms with Gasteiger partial charge in [-0.3, -0.25) is 0 Å². The number of fused-ring (bicyclic) bond motifs is 1. The SMILES string of the molecule is CNCc1cc(N(C)CCOC(C)C)nc2ccccc12. The summed E-state index contributed by atoms with van der Waals surface area (Å²) < 4.78 is 5.62. The van der Waals surface area contributed by atoms with Crippen LogP contribution in [-0.2, 0) is 11.3 Å². The van der Waals surface area contributed by atoms with Gasteiger partial charge in [-0.25, -0.2) is 4.98 Å². The number of anilines is 1. The summed E-state index contributed by atoms with van der Waals surface area (Å²) in [5, 5.41) is 4.44. The fraction of sp³-hybridized carbons (Fsp3) is 0.471. The smallest absolute Gasteiger partial charge is 0.129 e. The van der Waals surface area contributed by atoms with E-state index in [-0.39, 0.29) is 6.10 Å². The number of likely N-dealkylation sites (N-methyl/N-ethyl adjacent to an activating group) is 1. The van der Waals surface area contributed by atoms with Gasteiger partial charge in [0, 0.05) is 25.5 Å². The Labute approximate surface area is 127 Å². The van der Waals surface area contributed by atoms with Gasteiger partial charge in [-0.15, -0.1) is 0 Å². The van der Waals surface area contributed by atoms with Crippen molar-refractivity contribution in [2.45, 2.75) is 26.5 Å². The van der Waals surface area contributed by atoms with E-state index in [4.69, 9.17) is 9.72 Å². The number of nitrogens with one attached hydrogen (secondary N) is 1. The lowest BCUT2D eigenvalue weighted by Gasteiger charge is -2.20. The van der Waals surface area contributed by atoms with Crippen molar-refractivity contribution in [2.24, 2.45) is 0 Å². The lowest BCUT2D eigenvalue weighted by molar-refractivity contribution is 0.0845. The van der Waals surface area contributed by atoms with Gasteiger partial charge in [0.25, 0.3) is 0 Å². The Morgan fingerprint density at radius 2 is 2.05 bits per heavy atom. The van der Waals surface area contributed by atoms with Gasteiger partial charge in [0.15, 0.2) is 0 Å². The second-order valence-corrected chi connectivity index (χ2v) is 5.53. The van der Waals surface area contributed by atoms with Crippen molar-refractivity contribution in [2.75, 3.05) is 32.1 Å². The molecule has 0 aliphatic carbocycles. The fourth-order valence-corrected chi connectivity index (χ4v) is 2.30. The lowest BCUT2D eigenvalue weighted by atomic mass is 10.1. The van der Waals surface area contributed by atoms with E-state index in [0.29, 0.717) is 6.61 Å². The molecule has 21 heavy (non-hydrogen) atoms. The molecule has 0 aliphatic heterocycles. The third-order valence-electron chi connectivity index (χ3n) is 3.42. The second kappa shape index (κ2) is 7.38. The first-order chi connectivity index (χ1) is 10.1. The minimum Gasteiger partial charge on any atom is -0.377 e. The molecule has 0 spiro atoms. The van der Waals surface area contributed by atoms with Crippen LogP contribution in [0.2, 0.25) is 0 Å². The third-order valence-corrected chi connectivity index (χ3v) is 3.42. The average molecular weight is 287 g/mol. The maximum absolute atomic E-state index is 5.62. The van der Waals surface area contributed by atoms with E-state index in [1.807, 2.05) is 13.1 Å². The van der Waals surface area contributed by atoms with Gasteiger partial charge in [0.05, 0.1) is 18.2 Å². The van der Waals surface area contributed by atoms with Crippen LogP contribution in [0.4, 0.5) is 5.82 Å². The Morgan fingerprint density at radius 1 is 1.29 bits per heavy atom. The van der Waals surface area contributed by atoms with Gasteiger partial charge in [-0.05, 0) is 38.6 Å². The van der Waals surface area contributed by atoms with Crippen LogP contribution in [0, 0.1) is 0 Å². The predicted octanol–water partition coefficient (Wildman–Crippen LogP) is 2.82. The fourth-order valence-electron chi connectivity index (χ4n) is 2.30. The van der Waals surface area contributed by atoms with Gasteiger partial charge in [0.1, 0.15) is 5.82 Å². The van der Waals surface area contributed by atoms with Crippen LogP contribution < -0.4 is 10.2 Å². The average Bonchev–Trinajstić information content (AvgIpc) is 2.47. The highest BCUT2D eigenvalue weighted by Gasteiger charge is 2.08. The molecule has 4 heteroatoms. The van der Waals surface area contributed by atoms with Crippen molar-refractivity contribution in [3.63, 3.8) is 0 Å². The number of nitrogens with zero attached hydrogens (tertiary/aromatic N) is 2. The van der Waals surface area contributed by atoms with Gasteiger partial charge in [-0.2, -0.15) is 0 Å². The molecule has 114 valence electrons. The Morgan fingerprint density at radius 3 is 2.76 bits per heavy atom. The molecule has 1 heterocycles. The minimum atomic E-state index is 0.266. The van der Waals surface area contributed by atoms with Crippen molar-refractivity contribution in [1.29, 1.82) is 0 Å². The Kier molecular flexibility index (Phi) is 5.53. The standard InChI is InChI=1S/C17H25N3O/c1-13(2)21-10-9-20(4)17-11-14(12-18-3)15-7-5-6-8-16(15)19-17/h5-8,11,13,18H,9-10,12H2,1-4H3. The minimum absolute atomic E-state index is 0.266. The van der Waals surface area contributed by atoms with Crippen LogP contribution in [0.25, 0.3) is 10.9 Å². The molecule has 0 saturated heterocycles. The van der Waals surface area contributed by atoms with Gasteiger partial charge < -0.3 is 15.0 Å². The zero-order chi connectivity index (χ0) is 15.2. The zero-order valence-electron chi connectivity index (χ0n) is 13.4. The Balaban J connectivity index is 2.23. The first-order valence-corrected chi connectivity index (χ1v) is 7.48. The Hall–Kier alpha value is -1.65. The highest BCUT2D eigenvalue weighted by molar-refractivity contribution is 5.84. The predicted molar refractivity (Wildman–Crippen MR) is 88.9 cm³/mol. The molecule has 4 nitrogen and oxygen atoms in total. The molecule has 0 unspecified atom stereocenters. The molecule has 2 rings (SSSR count). The van der Waals surface area contributed by atoms with E-state index < -0.39 is 0 Å². The summed E-state index contributed by atoms with van der Waals surface area (Å²) in [4.78, 5) is 6.91. The third kappa shape index (κ3) is 4.16. The summed E-state index contributed by atoms with van der Waals surface area (Å²) >= 11 is 0. The largest absolute Gasteiger partial charge is 0.377 e. The summed E-state index contributed by atoms with van der Waals surface area (Å²) in [5.41, 5.74) is 2.31. The highest BCUT2D eigenvalue weighted by atomic mass is 16.5. The molecule has 0 saturated carbocycles. The van der Waals surface area contributed by atoms with Crippen LogP contribution in [-0.4, -0.2) is 38.3 Å². The summed E-state index contributed by atoms with van der Waals surface area (Å²) in [7, 11) is 4.03. The molecular formula is C17H25N3O. The summed E-state index contributed by atoms with van der Waals surface area (Å²) in [5.74, 6) is 0.992. The summed E-state index contributed by atoms with van der Waals surface area (Å²) in [6.45, 7) is 6.50.